The number of hydrogen-bond acceptors (Lipinski definition) is 2. The molecule has 0 heterocycles. The third-order valence-electron chi connectivity index (χ3n) is 2.92. The Hall–Kier alpha value is -0.740. The summed E-state index contributed by atoms with van der Waals surface area (Å²) in [6, 6.07) is 11.5. The van der Waals surface area contributed by atoms with Crippen LogP contribution in [0.3, 0.4) is 0 Å². The summed E-state index contributed by atoms with van der Waals surface area (Å²) in [5.74, 6) is 0.654. The van der Waals surface area contributed by atoms with Crippen LogP contribution in [0.25, 0.3) is 0 Å². The second-order valence-electron chi connectivity index (χ2n) is 4.97. The van der Waals surface area contributed by atoms with Crippen molar-refractivity contribution in [2.75, 3.05) is 0 Å². The predicted octanol–water partition coefficient (Wildman–Crippen LogP) is 5.22. The summed E-state index contributed by atoms with van der Waals surface area (Å²) >= 11 is 15.7. The van der Waals surface area contributed by atoms with Gasteiger partial charge in [-0.05, 0) is 48.7 Å². The molecule has 21 heavy (non-hydrogen) atoms. The quantitative estimate of drug-likeness (QED) is 0.761. The monoisotopic (exact) mass is 387 g/mol. The molecule has 2 N–H and O–H groups in total. The highest BCUT2D eigenvalue weighted by molar-refractivity contribution is 9.10. The third-order valence-corrected chi connectivity index (χ3v) is 3.95. The molecule has 2 aromatic rings. The third kappa shape index (κ3) is 4.89. The SMILES string of the molecule is CC(N)Cc1cc(Cl)cc(Cl)c1OCc1ccc(Br)cc1. The van der Waals surface area contributed by atoms with Gasteiger partial charge in [-0.1, -0.05) is 51.3 Å². The molecule has 1 unspecified atom stereocenters. The Morgan fingerprint density at radius 3 is 2.48 bits per heavy atom. The molecule has 0 aromatic heterocycles. The summed E-state index contributed by atoms with van der Waals surface area (Å²) in [7, 11) is 0. The van der Waals surface area contributed by atoms with Crippen LogP contribution in [0.5, 0.6) is 5.75 Å². The van der Waals surface area contributed by atoms with Crippen molar-refractivity contribution < 1.29 is 4.74 Å². The zero-order valence-electron chi connectivity index (χ0n) is 11.6. The molecule has 0 fully saturated rings. The number of halogens is 3. The highest BCUT2D eigenvalue weighted by Crippen LogP contribution is 2.33. The summed E-state index contributed by atoms with van der Waals surface area (Å²) in [5.41, 5.74) is 7.87. The Balaban J connectivity index is 2.19. The second kappa shape index (κ2) is 7.50. The number of hydrogen-bond donors (Lipinski definition) is 1. The zero-order chi connectivity index (χ0) is 15.4. The average Bonchev–Trinajstić information content (AvgIpc) is 2.39. The fourth-order valence-corrected chi connectivity index (χ4v) is 2.86. The van der Waals surface area contributed by atoms with Crippen LogP contribution < -0.4 is 10.5 Å². The van der Waals surface area contributed by atoms with Gasteiger partial charge < -0.3 is 10.5 Å². The number of nitrogens with two attached hydrogens (primary N) is 1. The first-order chi connectivity index (χ1) is 9.95. The van der Waals surface area contributed by atoms with E-state index in [9.17, 15) is 0 Å². The molecule has 112 valence electrons. The molecule has 0 amide bonds. The number of ether oxygens (including phenoxy) is 1. The van der Waals surface area contributed by atoms with Gasteiger partial charge in [0.05, 0.1) is 5.02 Å². The van der Waals surface area contributed by atoms with Crippen molar-refractivity contribution >= 4 is 39.1 Å². The van der Waals surface area contributed by atoms with Crippen molar-refractivity contribution in [2.24, 2.45) is 5.73 Å². The molecule has 1 atom stereocenters. The van der Waals surface area contributed by atoms with Crippen LogP contribution in [-0.2, 0) is 13.0 Å². The molecule has 0 aliphatic carbocycles. The zero-order valence-corrected chi connectivity index (χ0v) is 14.7. The largest absolute Gasteiger partial charge is 0.487 e. The molecular weight excluding hydrogens is 373 g/mol. The minimum absolute atomic E-state index is 0.00886. The van der Waals surface area contributed by atoms with E-state index in [2.05, 4.69) is 15.9 Å². The second-order valence-corrected chi connectivity index (χ2v) is 6.73. The van der Waals surface area contributed by atoms with E-state index in [1.165, 1.54) is 0 Å². The summed E-state index contributed by atoms with van der Waals surface area (Å²) in [4.78, 5) is 0. The summed E-state index contributed by atoms with van der Waals surface area (Å²) in [6.45, 7) is 2.38. The van der Waals surface area contributed by atoms with E-state index >= 15 is 0 Å². The molecule has 0 spiro atoms. The van der Waals surface area contributed by atoms with Crippen molar-refractivity contribution in [1.29, 1.82) is 0 Å². The van der Waals surface area contributed by atoms with E-state index in [1.54, 1.807) is 6.07 Å². The molecule has 0 radical (unpaired) electrons. The van der Waals surface area contributed by atoms with Gasteiger partial charge in [-0.15, -0.1) is 0 Å². The number of benzene rings is 2. The first-order valence-electron chi connectivity index (χ1n) is 6.56. The van der Waals surface area contributed by atoms with Crippen molar-refractivity contribution in [1.82, 2.24) is 0 Å². The van der Waals surface area contributed by atoms with Crippen LogP contribution in [0.15, 0.2) is 40.9 Å². The van der Waals surface area contributed by atoms with Crippen molar-refractivity contribution in [3.05, 3.63) is 62.0 Å². The fraction of sp³-hybridized carbons (Fsp3) is 0.250. The minimum Gasteiger partial charge on any atom is -0.487 e. The molecule has 0 aliphatic rings. The Morgan fingerprint density at radius 2 is 1.86 bits per heavy atom. The highest BCUT2D eigenvalue weighted by atomic mass is 79.9. The molecular formula is C16H16BrCl2NO. The lowest BCUT2D eigenvalue weighted by Gasteiger charge is -2.15. The molecule has 2 nitrogen and oxygen atoms in total. The van der Waals surface area contributed by atoms with Gasteiger partial charge >= 0.3 is 0 Å². The van der Waals surface area contributed by atoms with Crippen molar-refractivity contribution in [3.8, 4) is 5.75 Å². The summed E-state index contributed by atoms with van der Waals surface area (Å²) < 4.78 is 6.92. The van der Waals surface area contributed by atoms with Gasteiger partial charge in [-0.25, -0.2) is 0 Å². The predicted molar refractivity (Wildman–Crippen MR) is 92.3 cm³/mol. The lowest BCUT2D eigenvalue weighted by atomic mass is 10.1. The molecule has 0 saturated heterocycles. The maximum atomic E-state index is 6.25. The van der Waals surface area contributed by atoms with Crippen LogP contribution in [0, 0.1) is 0 Å². The van der Waals surface area contributed by atoms with Gasteiger partial charge in [0.1, 0.15) is 12.4 Å². The lowest BCUT2D eigenvalue weighted by molar-refractivity contribution is 0.302. The van der Waals surface area contributed by atoms with Gasteiger partial charge in [-0.3, -0.25) is 0 Å². The molecule has 5 heteroatoms. The van der Waals surface area contributed by atoms with E-state index in [0.29, 0.717) is 28.8 Å². The first-order valence-corrected chi connectivity index (χ1v) is 8.11. The molecule has 0 bridgehead atoms. The summed E-state index contributed by atoms with van der Waals surface area (Å²) in [5, 5.41) is 1.10. The van der Waals surface area contributed by atoms with Crippen LogP contribution >= 0.6 is 39.1 Å². The van der Waals surface area contributed by atoms with Gasteiger partial charge in [0, 0.05) is 15.5 Å². The van der Waals surface area contributed by atoms with Gasteiger partial charge in [0.25, 0.3) is 0 Å². The van der Waals surface area contributed by atoms with E-state index in [-0.39, 0.29) is 6.04 Å². The lowest BCUT2D eigenvalue weighted by Crippen LogP contribution is -2.18. The fourth-order valence-electron chi connectivity index (χ4n) is 2.01. The Bertz CT molecular complexity index is 614. The molecule has 0 saturated carbocycles. The minimum atomic E-state index is 0.00886. The molecule has 2 aromatic carbocycles. The van der Waals surface area contributed by atoms with Crippen LogP contribution in [0.1, 0.15) is 18.1 Å². The van der Waals surface area contributed by atoms with Crippen LogP contribution in [0.4, 0.5) is 0 Å². The van der Waals surface area contributed by atoms with E-state index in [0.717, 1.165) is 15.6 Å². The van der Waals surface area contributed by atoms with Crippen molar-refractivity contribution in [2.45, 2.75) is 26.0 Å². The van der Waals surface area contributed by atoms with E-state index in [4.69, 9.17) is 33.7 Å². The summed E-state index contributed by atoms with van der Waals surface area (Å²) in [6.07, 6.45) is 0.663. The standard InChI is InChI=1S/C16H16BrCl2NO/c1-10(20)6-12-7-14(18)8-15(19)16(12)21-9-11-2-4-13(17)5-3-11/h2-5,7-8,10H,6,9,20H2,1H3. The topological polar surface area (TPSA) is 35.2 Å². The highest BCUT2D eigenvalue weighted by Gasteiger charge is 2.12. The van der Waals surface area contributed by atoms with Gasteiger partial charge in [0.15, 0.2) is 0 Å². The van der Waals surface area contributed by atoms with E-state index in [1.807, 2.05) is 37.3 Å². The maximum Gasteiger partial charge on any atom is 0.141 e. The first kappa shape index (κ1) is 16.6. The molecule has 2 rings (SSSR count). The Kier molecular flexibility index (Phi) is 5.94. The number of rotatable bonds is 5. The smallest absolute Gasteiger partial charge is 0.141 e. The Labute approximate surface area is 143 Å². The Morgan fingerprint density at radius 1 is 1.19 bits per heavy atom. The van der Waals surface area contributed by atoms with Crippen molar-refractivity contribution in [3.63, 3.8) is 0 Å². The van der Waals surface area contributed by atoms with Crippen LogP contribution in [0.2, 0.25) is 10.0 Å². The average molecular weight is 389 g/mol. The van der Waals surface area contributed by atoms with Crippen LogP contribution in [-0.4, -0.2) is 6.04 Å². The normalized spacial score (nSPS) is 12.2. The van der Waals surface area contributed by atoms with E-state index < -0.39 is 0 Å². The molecule has 0 aliphatic heterocycles. The van der Waals surface area contributed by atoms with Gasteiger partial charge in [-0.2, -0.15) is 0 Å². The maximum absolute atomic E-state index is 6.25. The van der Waals surface area contributed by atoms with Gasteiger partial charge in [0.2, 0.25) is 0 Å².